The van der Waals surface area contributed by atoms with Gasteiger partial charge in [-0.05, 0) is 12.1 Å². The highest BCUT2D eigenvalue weighted by Crippen LogP contribution is 2.33. The minimum absolute atomic E-state index is 0.318. The van der Waals surface area contributed by atoms with Crippen molar-refractivity contribution in [1.29, 1.82) is 0 Å². The Morgan fingerprint density at radius 2 is 1.58 bits per heavy atom. The summed E-state index contributed by atoms with van der Waals surface area (Å²) < 4.78 is 0. The molecule has 4 rings (SSSR count). The molecule has 0 atom stereocenters. The third-order valence-corrected chi connectivity index (χ3v) is 4.36. The molecule has 0 spiro atoms. The number of para-hydroxylation sites is 1. The Morgan fingerprint density at radius 1 is 0.917 bits per heavy atom. The first-order valence-corrected chi connectivity index (χ1v) is 8.12. The van der Waals surface area contributed by atoms with Crippen LogP contribution in [0.1, 0.15) is 5.56 Å². The van der Waals surface area contributed by atoms with E-state index in [-0.39, 0.29) is 0 Å². The zero-order valence-electron chi connectivity index (χ0n) is 12.6. The van der Waals surface area contributed by atoms with Crippen molar-refractivity contribution in [3.05, 3.63) is 66.2 Å². The number of nitrogens with zero attached hydrogens (tertiary/aromatic N) is 4. The van der Waals surface area contributed by atoms with E-state index in [2.05, 4.69) is 15.5 Å². The summed E-state index contributed by atoms with van der Waals surface area (Å²) in [5.41, 5.74) is 16.8. The van der Waals surface area contributed by atoms with Gasteiger partial charge < -0.3 is 11.5 Å². The summed E-state index contributed by atoms with van der Waals surface area (Å²) in [6.45, 7) is 0. The summed E-state index contributed by atoms with van der Waals surface area (Å²) >= 11 is 1.30. The highest BCUT2D eigenvalue weighted by atomic mass is 32.1. The number of nitrogens with one attached hydrogen (secondary N) is 1. The molecule has 0 saturated carbocycles. The number of thiazole rings is 1. The maximum atomic E-state index is 5.86. The van der Waals surface area contributed by atoms with Crippen molar-refractivity contribution in [1.82, 2.24) is 10.4 Å². The third-order valence-electron chi connectivity index (χ3n) is 3.48. The van der Waals surface area contributed by atoms with Gasteiger partial charge >= 0.3 is 0 Å². The number of rotatable bonds is 3. The maximum absolute atomic E-state index is 5.86. The number of hydrogen-bond acceptors (Lipinski definition) is 8. The number of amidine groups is 1. The molecule has 0 radical (unpaired) electrons. The molecule has 0 fully saturated rings. The van der Waals surface area contributed by atoms with Crippen molar-refractivity contribution in [3.63, 3.8) is 0 Å². The molecule has 1 aliphatic heterocycles. The largest absolute Gasteiger partial charge is 0.387 e. The van der Waals surface area contributed by atoms with Gasteiger partial charge in [0.05, 0.1) is 5.69 Å². The zero-order chi connectivity index (χ0) is 16.5. The van der Waals surface area contributed by atoms with E-state index >= 15 is 0 Å². The fourth-order valence-electron chi connectivity index (χ4n) is 2.31. The normalized spacial score (nSPS) is 13.8. The van der Waals surface area contributed by atoms with E-state index in [0.717, 1.165) is 11.3 Å². The molecule has 0 unspecified atom stereocenters. The second-order valence-corrected chi connectivity index (χ2v) is 6.12. The molecule has 7 nitrogen and oxygen atoms in total. The smallest absolute Gasteiger partial charge is 0.231 e. The van der Waals surface area contributed by atoms with E-state index in [9.17, 15) is 0 Å². The predicted molar refractivity (Wildman–Crippen MR) is 98.5 cm³/mol. The lowest BCUT2D eigenvalue weighted by Gasteiger charge is -2.25. The summed E-state index contributed by atoms with van der Waals surface area (Å²) in [6, 6.07) is 19.7. The molecule has 8 heteroatoms. The van der Waals surface area contributed by atoms with E-state index in [1.807, 2.05) is 60.7 Å². The molecule has 24 heavy (non-hydrogen) atoms. The zero-order valence-corrected chi connectivity index (χ0v) is 13.4. The summed E-state index contributed by atoms with van der Waals surface area (Å²) in [5.74, 6) is 1.03. The molecule has 0 saturated heterocycles. The van der Waals surface area contributed by atoms with Gasteiger partial charge in [-0.1, -0.05) is 59.9 Å². The van der Waals surface area contributed by atoms with Crippen LogP contribution in [0.5, 0.6) is 0 Å². The average Bonchev–Trinajstić information content (AvgIpc) is 3.21. The Morgan fingerprint density at radius 3 is 2.21 bits per heavy atom. The van der Waals surface area contributed by atoms with Crippen LogP contribution in [0.4, 0.5) is 21.6 Å². The number of benzene rings is 2. The highest BCUT2D eigenvalue weighted by Gasteiger charge is 2.29. The summed E-state index contributed by atoms with van der Waals surface area (Å²) in [7, 11) is 0. The van der Waals surface area contributed by atoms with Gasteiger partial charge in [-0.3, -0.25) is 5.43 Å². The van der Waals surface area contributed by atoms with Crippen molar-refractivity contribution >= 4 is 38.8 Å². The summed E-state index contributed by atoms with van der Waals surface area (Å²) in [5, 5.41) is 9.24. The van der Waals surface area contributed by atoms with Crippen LogP contribution < -0.4 is 27.1 Å². The van der Waals surface area contributed by atoms with Crippen molar-refractivity contribution < 1.29 is 0 Å². The first kappa shape index (κ1) is 14.3. The second kappa shape index (κ2) is 5.74. The number of hydrazine groups is 2. The van der Waals surface area contributed by atoms with Crippen molar-refractivity contribution in [2.45, 2.75) is 0 Å². The van der Waals surface area contributed by atoms with Gasteiger partial charge in [-0.2, -0.15) is 4.98 Å². The predicted octanol–water partition coefficient (Wildman–Crippen LogP) is 2.42. The monoisotopic (exact) mass is 337 g/mol. The SMILES string of the molecule is Nc1nc(N2NC(c3ccccc3)=NN2c2ccccc2)sc1N. The van der Waals surface area contributed by atoms with Gasteiger partial charge in [-0.25, -0.2) is 0 Å². The first-order chi connectivity index (χ1) is 11.7. The molecule has 2 heterocycles. The molecule has 5 N–H and O–H groups in total. The molecule has 0 amide bonds. The number of hydrazone groups is 1. The molecule has 2 aromatic carbocycles. The lowest BCUT2D eigenvalue weighted by atomic mass is 10.2. The molecule has 0 aliphatic carbocycles. The van der Waals surface area contributed by atoms with Crippen LogP contribution in [-0.2, 0) is 0 Å². The van der Waals surface area contributed by atoms with Gasteiger partial charge in [-0.15, -0.1) is 15.3 Å². The minimum Gasteiger partial charge on any atom is -0.387 e. The second-order valence-electron chi connectivity index (χ2n) is 5.11. The lowest BCUT2D eigenvalue weighted by Crippen LogP contribution is -2.44. The van der Waals surface area contributed by atoms with Crippen LogP contribution in [0.25, 0.3) is 0 Å². The first-order valence-electron chi connectivity index (χ1n) is 7.30. The van der Waals surface area contributed by atoms with Gasteiger partial charge in [0, 0.05) is 5.56 Å². The van der Waals surface area contributed by atoms with Gasteiger partial charge in [0.25, 0.3) is 0 Å². The van der Waals surface area contributed by atoms with Crippen molar-refractivity contribution in [2.24, 2.45) is 5.10 Å². The summed E-state index contributed by atoms with van der Waals surface area (Å²) in [6.07, 6.45) is 0. The van der Waals surface area contributed by atoms with Crippen LogP contribution in [0.2, 0.25) is 0 Å². The maximum Gasteiger partial charge on any atom is 0.231 e. The summed E-state index contributed by atoms with van der Waals surface area (Å²) in [4.78, 5) is 4.32. The number of anilines is 4. The number of nitrogens with two attached hydrogens (primary N) is 2. The molecule has 1 aromatic heterocycles. The van der Waals surface area contributed by atoms with E-state index in [0.29, 0.717) is 21.8 Å². The third kappa shape index (κ3) is 2.48. The lowest BCUT2D eigenvalue weighted by molar-refractivity contribution is 0.767. The van der Waals surface area contributed by atoms with Crippen LogP contribution in [-0.4, -0.2) is 10.8 Å². The fourth-order valence-corrected chi connectivity index (χ4v) is 3.01. The Hall–Kier alpha value is -3.26. The number of hydrogen-bond donors (Lipinski definition) is 3. The van der Waals surface area contributed by atoms with Gasteiger partial charge in [0.1, 0.15) is 5.00 Å². The molecule has 1 aliphatic rings. The van der Waals surface area contributed by atoms with Crippen molar-refractivity contribution in [2.75, 3.05) is 21.7 Å². The van der Waals surface area contributed by atoms with Crippen LogP contribution in [0.15, 0.2) is 65.8 Å². The fraction of sp³-hybridized carbons (Fsp3) is 0. The van der Waals surface area contributed by atoms with E-state index < -0.39 is 0 Å². The molecular formula is C16H15N7S. The molecule has 3 aromatic rings. The standard InChI is InChI=1S/C16H15N7S/c17-13-14(18)24-16(19-13)23-21-15(11-7-3-1-4-8-11)20-22(23)12-9-5-2-6-10-12/h1-10H,17-18H2,(H,20,21). The number of aromatic nitrogens is 1. The Bertz CT molecular complexity index is 856. The quantitative estimate of drug-likeness (QED) is 0.679. The van der Waals surface area contributed by atoms with E-state index in [1.54, 1.807) is 10.2 Å². The minimum atomic E-state index is 0.318. The van der Waals surface area contributed by atoms with Crippen molar-refractivity contribution in [3.8, 4) is 0 Å². The topological polar surface area (TPSA) is 95.8 Å². The van der Waals surface area contributed by atoms with E-state index in [1.165, 1.54) is 11.3 Å². The Balaban J connectivity index is 1.76. The number of nitrogen functional groups attached to an aromatic ring is 2. The average molecular weight is 337 g/mol. The van der Waals surface area contributed by atoms with Crippen LogP contribution in [0, 0.1) is 0 Å². The van der Waals surface area contributed by atoms with Crippen LogP contribution >= 0.6 is 11.3 Å². The van der Waals surface area contributed by atoms with Gasteiger partial charge in [0.2, 0.25) is 5.13 Å². The molecule has 120 valence electrons. The van der Waals surface area contributed by atoms with Crippen LogP contribution in [0.3, 0.4) is 0 Å². The molecule has 0 bridgehead atoms. The molecular weight excluding hydrogens is 322 g/mol. The van der Waals surface area contributed by atoms with E-state index in [4.69, 9.17) is 11.5 Å². The van der Waals surface area contributed by atoms with Gasteiger partial charge in [0.15, 0.2) is 11.7 Å². The Labute approximate surface area is 142 Å². The Kier molecular flexibility index (Phi) is 3.43. The highest BCUT2D eigenvalue weighted by molar-refractivity contribution is 7.19.